The van der Waals surface area contributed by atoms with E-state index in [1.807, 2.05) is 20.8 Å². The zero-order valence-electron chi connectivity index (χ0n) is 17.3. The second-order valence-corrected chi connectivity index (χ2v) is 9.97. The van der Waals surface area contributed by atoms with Gasteiger partial charge in [-0.25, -0.2) is 12.8 Å². The van der Waals surface area contributed by atoms with Gasteiger partial charge < -0.3 is 9.84 Å². The molecule has 3 rings (SSSR count). The Bertz CT molecular complexity index is 955. The minimum atomic E-state index is -3.69. The van der Waals surface area contributed by atoms with Crippen LogP contribution in [-0.4, -0.2) is 32.0 Å². The molecule has 2 unspecified atom stereocenters. The molecule has 0 radical (unpaired) electrons. The van der Waals surface area contributed by atoms with Crippen molar-refractivity contribution in [3.63, 3.8) is 0 Å². The second kappa shape index (κ2) is 8.44. The molecule has 0 aliphatic carbocycles. The number of aliphatic hydroxyl groups is 1. The molecule has 0 amide bonds. The predicted octanol–water partition coefficient (Wildman–Crippen LogP) is 4.56. The summed E-state index contributed by atoms with van der Waals surface area (Å²) in [6, 6.07) is 10.8. The lowest BCUT2D eigenvalue weighted by molar-refractivity contribution is 0.0795. The predicted molar refractivity (Wildman–Crippen MR) is 111 cm³/mol. The fourth-order valence-corrected chi connectivity index (χ4v) is 7.32. The molecule has 2 aromatic carbocycles. The van der Waals surface area contributed by atoms with E-state index in [9.17, 15) is 17.9 Å². The van der Waals surface area contributed by atoms with Gasteiger partial charge in [-0.15, -0.1) is 0 Å². The van der Waals surface area contributed by atoms with Crippen LogP contribution >= 0.6 is 0 Å². The fraction of sp³-hybridized carbons (Fsp3) is 0.478. The lowest BCUT2D eigenvalue weighted by Crippen LogP contribution is -2.41. The van der Waals surface area contributed by atoms with Gasteiger partial charge in [-0.1, -0.05) is 39.3 Å². The summed E-state index contributed by atoms with van der Waals surface area (Å²) >= 11 is 0. The van der Waals surface area contributed by atoms with Gasteiger partial charge in [0.05, 0.1) is 23.4 Å². The van der Waals surface area contributed by atoms with Crippen LogP contribution in [0.25, 0.3) is 0 Å². The topological polar surface area (TPSA) is 63.6 Å². The second-order valence-electron chi connectivity index (χ2n) is 7.89. The molecule has 0 bridgehead atoms. The number of sulfone groups is 1. The van der Waals surface area contributed by atoms with Gasteiger partial charge in [0.2, 0.25) is 0 Å². The number of benzene rings is 2. The fourth-order valence-electron chi connectivity index (χ4n) is 4.64. The van der Waals surface area contributed by atoms with Gasteiger partial charge in [-0.2, -0.15) is 0 Å². The number of hydrogen-bond acceptors (Lipinski definition) is 4. The van der Waals surface area contributed by atoms with E-state index in [0.717, 1.165) is 0 Å². The molecule has 0 saturated carbocycles. The Morgan fingerprint density at radius 1 is 1.14 bits per heavy atom. The first-order valence-corrected chi connectivity index (χ1v) is 11.7. The van der Waals surface area contributed by atoms with E-state index < -0.39 is 33.0 Å². The average molecular weight is 421 g/mol. The summed E-state index contributed by atoms with van der Waals surface area (Å²) in [7, 11) is -2.17. The molecule has 158 valence electrons. The van der Waals surface area contributed by atoms with Gasteiger partial charge in [-0.05, 0) is 53.8 Å². The molecule has 1 N–H and O–H groups in total. The minimum absolute atomic E-state index is 0.110. The Kier molecular flexibility index (Phi) is 6.34. The molecule has 5 atom stereocenters. The van der Waals surface area contributed by atoms with Crippen LogP contribution in [0.3, 0.4) is 0 Å². The maximum Gasteiger partial charge on any atom is 0.182 e. The van der Waals surface area contributed by atoms with Crippen LogP contribution in [0.1, 0.15) is 50.7 Å². The number of aliphatic hydroxyl groups excluding tert-OH is 1. The van der Waals surface area contributed by atoms with E-state index in [2.05, 4.69) is 0 Å². The van der Waals surface area contributed by atoms with Crippen LogP contribution in [0, 0.1) is 17.7 Å². The average Bonchev–Trinajstić information content (AvgIpc) is 2.78. The highest BCUT2D eigenvalue weighted by Crippen LogP contribution is 2.46. The number of methoxy groups -OCH3 is 1. The number of hydrogen-bond donors (Lipinski definition) is 1. The van der Waals surface area contributed by atoms with Crippen molar-refractivity contribution in [2.75, 3.05) is 7.11 Å². The highest BCUT2D eigenvalue weighted by atomic mass is 32.2. The third kappa shape index (κ3) is 3.80. The summed E-state index contributed by atoms with van der Waals surface area (Å²) in [5, 5.41) is 10.8. The summed E-state index contributed by atoms with van der Waals surface area (Å²) in [6.45, 7) is 5.81. The molecule has 1 aliphatic heterocycles. The van der Waals surface area contributed by atoms with Crippen molar-refractivity contribution in [1.82, 2.24) is 0 Å². The molecular weight excluding hydrogens is 391 g/mol. The Labute approximate surface area is 172 Å². The summed E-state index contributed by atoms with van der Waals surface area (Å²) < 4.78 is 46.4. The van der Waals surface area contributed by atoms with E-state index in [1.54, 1.807) is 30.3 Å². The molecule has 0 spiro atoms. The molecule has 0 fully saturated rings. The van der Waals surface area contributed by atoms with Gasteiger partial charge in [0, 0.05) is 11.8 Å². The van der Waals surface area contributed by atoms with Crippen molar-refractivity contribution in [2.45, 2.75) is 55.8 Å². The smallest absolute Gasteiger partial charge is 0.182 e. The monoisotopic (exact) mass is 420 g/mol. The van der Waals surface area contributed by atoms with E-state index in [1.165, 1.54) is 19.2 Å². The normalized spacial score (nSPS) is 27.0. The molecule has 6 heteroatoms. The Balaban J connectivity index is 2.33. The highest BCUT2D eigenvalue weighted by Gasteiger charge is 2.48. The summed E-state index contributed by atoms with van der Waals surface area (Å²) in [5.74, 6) is -0.993. The summed E-state index contributed by atoms with van der Waals surface area (Å²) in [5.41, 5.74) is 1.19. The summed E-state index contributed by atoms with van der Waals surface area (Å²) in [6.07, 6.45) is 0.297. The van der Waals surface area contributed by atoms with Crippen LogP contribution < -0.4 is 4.74 Å². The Morgan fingerprint density at radius 2 is 1.79 bits per heavy atom. The van der Waals surface area contributed by atoms with E-state index in [0.29, 0.717) is 29.7 Å². The Morgan fingerprint density at radius 3 is 2.34 bits per heavy atom. The van der Waals surface area contributed by atoms with Crippen LogP contribution in [0.2, 0.25) is 0 Å². The van der Waals surface area contributed by atoms with Crippen molar-refractivity contribution in [2.24, 2.45) is 11.8 Å². The first-order valence-electron chi connectivity index (χ1n) is 10.1. The molecule has 4 nitrogen and oxygen atoms in total. The first-order chi connectivity index (χ1) is 13.8. The molecule has 2 aromatic rings. The van der Waals surface area contributed by atoms with Crippen LogP contribution in [0.5, 0.6) is 5.75 Å². The lowest BCUT2D eigenvalue weighted by atomic mass is 9.77. The molecule has 1 aliphatic rings. The maximum atomic E-state index is 13.8. The lowest BCUT2D eigenvalue weighted by Gasteiger charge is -2.33. The molecule has 0 aromatic heterocycles. The van der Waals surface area contributed by atoms with Gasteiger partial charge in [0.1, 0.15) is 11.6 Å². The van der Waals surface area contributed by atoms with Crippen molar-refractivity contribution in [3.05, 3.63) is 59.4 Å². The number of ether oxygens (including phenoxy) is 1. The Hall–Kier alpha value is -1.92. The minimum Gasteiger partial charge on any atom is -0.497 e. The van der Waals surface area contributed by atoms with Crippen LogP contribution in [0.15, 0.2) is 47.4 Å². The molecule has 1 heterocycles. The quantitative estimate of drug-likeness (QED) is 0.770. The van der Waals surface area contributed by atoms with Gasteiger partial charge >= 0.3 is 0 Å². The number of halogens is 1. The van der Waals surface area contributed by atoms with E-state index >= 15 is 0 Å². The standard InChI is InChI=1S/C23H29FO4S/c1-5-14(3)23-18(6-2)22(25)21(15-7-9-16(24)10-8-15)19-13-17(28-4)11-12-20(19)29(23,26)27/h7-14,18,21-23,25H,5-6H2,1-4H3/t14?,18-,21+,22-,23?/m1/s1. The molecular formula is C23H29FO4S. The zero-order valence-corrected chi connectivity index (χ0v) is 18.1. The van der Waals surface area contributed by atoms with E-state index in [-0.39, 0.29) is 16.6 Å². The van der Waals surface area contributed by atoms with Gasteiger partial charge in [0.15, 0.2) is 9.84 Å². The summed E-state index contributed by atoms with van der Waals surface area (Å²) in [4.78, 5) is 0.230. The van der Waals surface area contributed by atoms with Crippen molar-refractivity contribution in [1.29, 1.82) is 0 Å². The van der Waals surface area contributed by atoms with E-state index in [4.69, 9.17) is 4.74 Å². The van der Waals surface area contributed by atoms with Crippen LogP contribution in [-0.2, 0) is 9.84 Å². The van der Waals surface area contributed by atoms with Crippen molar-refractivity contribution < 1.29 is 22.7 Å². The third-order valence-corrected chi connectivity index (χ3v) is 8.84. The largest absolute Gasteiger partial charge is 0.497 e. The maximum absolute atomic E-state index is 13.8. The molecule has 29 heavy (non-hydrogen) atoms. The zero-order chi connectivity index (χ0) is 21.3. The SMILES string of the molecule is CCC(C)C1[C@H](CC)[C@@H](O)[C@@H](c2ccc(F)cc2)c2cc(OC)ccc2S1(=O)=O. The third-order valence-electron chi connectivity index (χ3n) is 6.32. The first kappa shape index (κ1) is 21.8. The number of rotatable bonds is 5. The van der Waals surface area contributed by atoms with Crippen LogP contribution in [0.4, 0.5) is 4.39 Å². The van der Waals surface area contributed by atoms with Crippen molar-refractivity contribution in [3.8, 4) is 5.75 Å². The van der Waals surface area contributed by atoms with Gasteiger partial charge in [-0.3, -0.25) is 0 Å². The number of fused-ring (bicyclic) bond motifs is 1. The van der Waals surface area contributed by atoms with Crippen molar-refractivity contribution >= 4 is 9.84 Å². The highest BCUT2D eigenvalue weighted by molar-refractivity contribution is 7.92. The van der Waals surface area contributed by atoms with Gasteiger partial charge in [0.25, 0.3) is 0 Å². The molecule has 0 saturated heterocycles.